The van der Waals surface area contributed by atoms with Gasteiger partial charge in [0.1, 0.15) is 5.82 Å². The van der Waals surface area contributed by atoms with E-state index in [1.807, 2.05) is 42.6 Å². The molecule has 0 aromatic carbocycles. The average molecular weight is 354 g/mol. The van der Waals surface area contributed by atoms with E-state index >= 15 is 0 Å². The molecule has 3 aromatic heterocycles. The molecular formula is C17H18N6OS. The van der Waals surface area contributed by atoms with Gasteiger partial charge in [0, 0.05) is 19.3 Å². The minimum absolute atomic E-state index is 0.0537. The van der Waals surface area contributed by atoms with E-state index in [1.54, 1.807) is 12.4 Å². The number of hydrogen-bond donors (Lipinski definition) is 3. The van der Waals surface area contributed by atoms with Crippen LogP contribution in [0.15, 0.2) is 48.1 Å². The Morgan fingerprint density at radius 3 is 2.68 bits per heavy atom. The molecular weight excluding hydrogens is 336 g/mol. The van der Waals surface area contributed by atoms with Crippen LogP contribution in [0.3, 0.4) is 0 Å². The van der Waals surface area contributed by atoms with Gasteiger partial charge < -0.3 is 16.0 Å². The predicted molar refractivity (Wildman–Crippen MR) is 99.4 cm³/mol. The summed E-state index contributed by atoms with van der Waals surface area (Å²) in [6.45, 7) is 3.05. The minimum atomic E-state index is -0.0537. The van der Waals surface area contributed by atoms with Crippen LogP contribution >= 0.6 is 11.3 Å². The quantitative estimate of drug-likeness (QED) is 0.565. The number of anilines is 3. The van der Waals surface area contributed by atoms with E-state index in [4.69, 9.17) is 0 Å². The van der Waals surface area contributed by atoms with E-state index in [0.29, 0.717) is 24.7 Å². The molecule has 3 heterocycles. The van der Waals surface area contributed by atoms with Crippen molar-refractivity contribution in [1.82, 2.24) is 20.5 Å². The first-order valence-corrected chi connectivity index (χ1v) is 8.67. The van der Waals surface area contributed by atoms with Gasteiger partial charge in [0.25, 0.3) is 5.91 Å². The molecule has 7 nitrogen and oxygen atoms in total. The summed E-state index contributed by atoms with van der Waals surface area (Å²) < 4.78 is 0. The third-order valence-electron chi connectivity index (χ3n) is 3.27. The first-order valence-electron chi connectivity index (χ1n) is 7.79. The van der Waals surface area contributed by atoms with Crippen molar-refractivity contribution in [2.75, 3.05) is 23.7 Å². The zero-order chi connectivity index (χ0) is 17.5. The van der Waals surface area contributed by atoms with Crippen molar-refractivity contribution in [1.29, 1.82) is 0 Å². The summed E-state index contributed by atoms with van der Waals surface area (Å²) in [5, 5.41) is 19.3. The first kappa shape index (κ1) is 16.8. The molecule has 3 aromatic rings. The van der Waals surface area contributed by atoms with Crippen LogP contribution in [0.25, 0.3) is 0 Å². The van der Waals surface area contributed by atoms with Crippen LogP contribution in [-0.4, -0.2) is 34.2 Å². The van der Waals surface area contributed by atoms with Crippen LogP contribution in [0, 0.1) is 6.92 Å². The Labute approximate surface area is 149 Å². The number of pyridine rings is 1. The van der Waals surface area contributed by atoms with Gasteiger partial charge in [0.2, 0.25) is 0 Å². The third kappa shape index (κ3) is 4.98. The van der Waals surface area contributed by atoms with Gasteiger partial charge in [-0.2, -0.15) is 0 Å². The molecule has 25 heavy (non-hydrogen) atoms. The summed E-state index contributed by atoms with van der Waals surface area (Å²) in [6, 6.07) is 9.29. The zero-order valence-electron chi connectivity index (χ0n) is 13.7. The Hall–Kier alpha value is -3.00. The summed E-state index contributed by atoms with van der Waals surface area (Å²) in [7, 11) is 0. The second kappa shape index (κ2) is 8.20. The van der Waals surface area contributed by atoms with Crippen molar-refractivity contribution >= 4 is 34.6 Å². The second-order valence-electron chi connectivity index (χ2n) is 5.34. The predicted octanol–water partition coefficient (Wildman–Crippen LogP) is 2.83. The number of hydrogen-bond acceptors (Lipinski definition) is 7. The molecule has 0 aliphatic rings. The number of nitrogens with zero attached hydrogens (tertiary/aromatic N) is 3. The lowest BCUT2D eigenvalue weighted by Gasteiger charge is -2.07. The van der Waals surface area contributed by atoms with Crippen molar-refractivity contribution < 1.29 is 4.79 Å². The molecule has 0 aliphatic carbocycles. The summed E-state index contributed by atoms with van der Waals surface area (Å²) >= 11 is 1.45. The molecule has 8 heteroatoms. The van der Waals surface area contributed by atoms with Gasteiger partial charge in [0.15, 0.2) is 5.82 Å². The summed E-state index contributed by atoms with van der Waals surface area (Å²) in [4.78, 5) is 16.7. The third-order valence-corrected chi connectivity index (χ3v) is 4.32. The molecule has 3 rings (SSSR count). The molecule has 0 bridgehead atoms. The van der Waals surface area contributed by atoms with E-state index in [0.717, 1.165) is 16.1 Å². The van der Waals surface area contributed by atoms with Crippen LogP contribution in [0.2, 0.25) is 0 Å². The number of carbonyl (C=O) groups excluding carboxylic acids is 1. The van der Waals surface area contributed by atoms with Crippen molar-refractivity contribution in [3.05, 3.63) is 58.5 Å². The molecule has 3 N–H and O–H groups in total. The molecule has 0 aliphatic heterocycles. The maximum atomic E-state index is 11.9. The van der Waals surface area contributed by atoms with Crippen LogP contribution in [0.5, 0.6) is 0 Å². The van der Waals surface area contributed by atoms with Crippen LogP contribution in [0.4, 0.5) is 17.3 Å². The normalized spacial score (nSPS) is 10.3. The Balaban J connectivity index is 1.42. The number of thiophene rings is 1. The van der Waals surface area contributed by atoms with Crippen LogP contribution in [0.1, 0.15) is 15.2 Å². The Kier molecular flexibility index (Phi) is 5.53. The molecule has 0 unspecified atom stereocenters. The van der Waals surface area contributed by atoms with E-state index in [1.165, 1.54) is 11.3 Å². The van der Waals surface area contributed by atoms with Crippen LogP contribution < -0.4 is 16.0 Å². The average Bonchev–Trinajstić information content (AvgIpc) is 3.07. The van der Waals surface area contributed by atoms with Crippen LogP contribution in [-0.2, 0) is 0 Å². The highest BCUT2D eigenvalue weighted by Crippen LogP contribution is 2.14. The lowest BCUT2D eigenvalue weighted by atomic mass is 10.3. The molecule has 0 spiro atoms. The Morgan fingerprint density at radius 1 is 1.16 bits per heavy atom. The highest BCUT2D eigenvalue weighted by molar-refractivity contribution is 7.12. The van der Waals surface area contributed by atoms with Crippen molar-refractivity contribution in [2.45, 2.75) is 6.92 Å². The largest absolute Gasteiger partial charge is 0.367 e. The first-order chi connectivity index (χ1) is 12.2. The molecule has 128 valence electrons. The van der Waals surface area contributed by atoms with Gasteiger partial charge in [-0.05, 0) is 48.2 Å². The smallest absolute Gasteiger partial charge is 0.261 e. The van der Waals surface area contributed by atoms with Gasteiger partial charge >= 0.3 is 0 Å². The monoisotopic (exact) mass is 354 g/mol. The molecule has 0 saturated heterocycles. The lowest BCUT2D eigenvalue weighted by molar-refractivity contribution is 0.0959. The fourth-order valence-electron chi connectivity index (χ4n) is 2.08. The molecule has 0 saturated carbocycles. The van der Waals surface area contributed by atoms with E-state index in [-0.39, 0.29) is 5.91 Å². The van der Waals surface area contributed by atoms with Crippen molar-refractivity contribution in [2.24, 2.45) is 0 Å². The standard InChI is InChI=1S/C17H18N6OS/c1-12-9-14(25-11-12)17(24)20-8-7-19-15-4-5-16(23-22-15)21-13-3-2-6-18-10-13/h2-6,9-11H,7-8H2,1H3,(H,19,22)(H,20,24)(H,21,23). The maximum absolute atomic E-state index is 11.9. The fourth-order valence-corrected chi connectivity index (χ4v) is 2.90. The Bertz CT molecular complexity index is 819. The van der Waals surface area contributed by atoms with Crippen molar-refractivity contribution in [3.8, 4) is 0 Å². The number of amides is 1. The SMILES string of the molecule is Cc1csc(C(=O)NCCNc2ccc(Nc3cccnc3)nn2)c1. The number of carbonyl (C=O) groups is 1. The second-order valence-corrected chi connectivity index (χ2v) is 6.25. The highest BCUT2D eigenvalue weighted by atomic mass is 32.1. The number of aryl methyl sites for hydroxylation is 1. The van der Waals surface area contributed by atoms with Gasteiger partial charge in [-0.15, -0.1) is 21.5 Å². The maximum Gasteiger partial charge on any atom is 0.261 e. The van der Waals surface area contributed by atoms with Gasteiger partial charge in [-0.1, -0.05) is 0 Å². The number of nitrogens with one attached hydrogen (secondary N) is 3. The molecule has 0 atom stereocenters. The van der Waals surface area contributed by atoms with E-state index in [2.05, 4.69) is 31.1 Å². The van der Waals surface area contributed by atoms with Gasteiger partial charge in [-0.3, -0.25) is 9.78 Å². The molecule has 0 radical (unpaired) electrons. The van der Waals surface area contributed by atoms with E-state index in [9.17, 15) is 4.79 Å². The van der Waals surface area contributed by atoms with Gasteiger partial charge in [0.05, 0.1) is 16.8 Å². The topological polar surface area (TPSA) is 91.8 Å². The lowest BCUT2D eigenvalue weighted by Crippen LogP contribution is -2.28. The molecule has 1 amide bonds. The summed E-state index contributed by atoms with van der Waals surface area (Å²) in [6.07, 6.45) is 3.42. The van der Waals surface area contributed by atoms with Crippen molar-refractivity contribution in [3.63, 3.8) is 0 Å². The summed E-state index contributed by atoms with van der Waals surface area (Å²) in [5.74, 6) is 1.24. The zero-order valence-corrected chi connectivity index (χ0v) is 14.5. The highest BCUT2D eigenvalue weighted by Gasteiger charge is 2.06. The fraction of sp³-hybridized carbons (Fsp3) is 0.176. The number of rotatable bonds is 7. The minimum Gasteiger partial charge on any atom is -0.367 e. The number of aromatic nitrogens is 3. The van der Waals surface area contributed by atoms with Gasteiger partial charge in [-0.25, -0.2) is 0 Å². The Morgan fingerprint density at radius 2 is 2.00 bits per heavy atom. The summed E-state index contributed by atoms with van der Waals surface area (Å²) in [5.41, 5.74) is 1.95. The molecule has 0 fully saturated rings. The van der Waals surface area contributed by atoms with E-state index < -0.39 is 0 Å².